The van der Waals surface area contributed by atoms with E-state index in [4.69, 9.17) is 5.84 Å². The van der Waals surface area contributed by atoms with Gasteiger partial charge in [-0.1, -0.05) is 6.92 Å². The molecule has 1 atom stereocenters. The maximum Gasteiger partial charge on any atom is 0.148 e. The average molecular weight is 291 g/mol. The second-order valence-corrected chi connectivity index (χ2v) is 5.56. The number of aromatic nitrogens is 2. The molecule has 0 amide bonds. The van der Waals surface area contributed by atoms with Crippen LogP contribution < -0.4 is 16.6 Å². The summed E-state index contributed by atoms with van der Waals surface area (Å²) in [5.74, 6) is 7.88. The first-order valence-corrected chi connectivity index (χ1v) is 7.72. The zero-order chi connectivity index (χ0) is 14.5. The van der Waals surface area contributed by atoms with Gasteiger partial charge in [-0.05, 0) is 42.7 Å². The number of nitrogens with two attached hydrogens (primary N) is 1. The Labute approximate surface area is 123 Å². The van der Waals surface area contributed by atoms with Crippen molar-refractivity contribution in [1.29, 1.82) is 0 Å². The summed E-state index contributed by atoms with van der Waals surface area (Å²) in [6, 6.07) is 2.32. The maximum atomic E-state index is 5.54. The highest BCUT2D eigenvalue weighted by molar-refractivity contribution is 7.07. The molecule has 0 spiro atoms. The number of hydrogen-bond donors (Lipinski definition) is 3. The molecule has 6 heteroatoms. The third-order valence-corrected chi connectivity index (χ3v) is 3.90. The molecule has 5 nitrogen and oxygen atoms in total. The van der Waals surface area contributed by atoms with Gasteiger partial charge in [-0.15, -0.1) is 0 Å². The smallest absolute Gasteiger partial charge is 0.148 e. The lowest BCUT2D eigenvalue weighted by molar-refractivity contribution is 0.815. The molecule has 20 heavy (non-hydrogen) atoms. The summed E-state index contributed by atoms with van der Waals surface area (Å²) >= 11 is 1.70. The van der Waals surface area contributed by atoms with Gasteiger partial charge in [-0.25, -0.2) is 15.8 Å². The van der Waals surface area contributed by atoms with Gasteiger partial charge in [0.2, 0.25) is 0 Å². The second-order valence-electron chi connectivity index (χ2n) is 4.78. The minimum Gasteiger partial charge on any atom is -0.363 e. The Morgan fingerprint density at radius 3 is 2.70 bits per heavy atom. The van der Waals surface area contributed by atoms with Crippen molar-refractivity contribution in [2.75, 3.05) is 10.7 Å². The Balaban J connectivity index is 2.27. The first-order valence-electron chi connectivity index (χ1n) is 6.78. The van der Waals surface area contributed by atoms with E-state index in [0.29, 0.717) is 5.82 Å². The van der Waals surface area contributed by atoms with Gasteiger partial charge >= 0.3 is 0 Å². The Hall–Kier alpha value is -1.66. The van der Waals surface area contributed by atoms with E-state index in [1.807, 2.05) is 6.92 Å². The monoisotopic (exact) mass is 291 g/mol. The number of anilines is 2. The van der Waals surface area contributed by atoms with Crippen LogP contribution in [0.5, 0.6) is 0 Å². The Morgan fingerprint density at radius 1 is 1.35 bits per heavy atom. The van der Waals surface area contributed by atoms with Crippen LogP contribution in [0.3, 0.4) is 0 Å². The lowest BCUT2D eigenvalue weighted by atomic mass is 10.1. The van der Waals surface area contributed by atoms with Gasteiger partial charge in [-0.3, -0.25) is 0 Å². The van der Waals surface area contributed by atoms with Crippen LogP contribution in [0.15, 0.2) is 16.8 Å². The summed E-state index contributed by atoms with van der Waals surface area (Å²) in [6.45, 7) is 6.20. The lowest BCUT2D eigenvalue weighted by Crippen LogP contribution is -2.16. The zero-order valence-electron chi connectivity index (χ0n) is 12.1. The fourth-order valence-electron chi connectivity index (χ4n) is 1.99. The molecule has 2 aromatic heterocycles. The van der Waals surface area contributed by atoms with E-state index in [1.165, 1.54) is 5.56 Å². The molecule has 0 fully saturated rings. The number of aryl methyl sites for hydroxylation is 1. The highest BCUT2D eigenvalue weighted by atomic mass is 32.1. The van der Waals surface area contributed by atoms with E-state index in [-0.39, 0.29) is 6.04 Å². The van der Waals surface area contributed by atoms with E-state index < -0.39 is 0 Å². The van der Waals surface area contributed by atoms with Crippen molar-refractivity contribution in [1.82, 2.24) is 9.97 Å². The van der Waals surface area contributed by atoms with Crippen LogP contribution in [-0.4, -0.2) is 9.97 Å². The van der Waals surface area contributed by atoms with Crippen molar-refractivity contribution in [2.45, 2.75) is 39.7 Å². The van der Waals surface area contributed by atoms with E-state index in [1.54, 1.807) is 11.3 Å². The van der Waals surface area contributed by atoms with Crippen LogP contribution in [0.4, 0.5) is 11.6 Å². The van der Waals surface area contributed by atoms with E-state index in [2.05, 4.69) is 51.4 Å². The van der Waals surface area contributed by atoms with E-state index in [0.717, 1.165) is 30.0 Å². The summed E-state index contributed by atoms with van der Waals surface area (Å²) in [6.07, 6.45) is 1.85. The normalized spacial score (nSPS) is 12.2. The molecule has 2 heterocycles. The topological polar surface area (TPSA) is 75.9 Å². The first-order chi connectivity index (χ1) is 9.65. The number of nitrogens with one attached hydrogen (secondary N) is 2. The fraction of sp³-hybridized carbons (Fsp3) is 0.429. The standard InChI is InChI=1S/C14H21N5S/c1-4-5-12-17-13(9(2)14(18-12)19-15)16-10(3)11-6-7-20-8-11/h6-8,10H,4-5,15H2,1-3H3,(H2,16,17,18,19). The third-order valence-electron chi connectivity index (χ3n) is 3.20. The maximum absolute atomic E-state index is 5.54. The van der Waals surface area contributed by atoms with Gasteiger partial charge in [0.1, 0.15) is 17.5 Å². The minimum atomic E-state index is 0.204. The summed E-state index contributed by atoms with van der Waals surface area (Å²) in [5.41, 5.74) is 4.85. The molecule has 108 valence electrons. The molecule has 0 saturated heterocycles. The van der Waals surface area contributed by atoms with Crippen LogP contribution in [0.2, 0.25) is 0 Å². The molecule has 0 saturated carbocycles. The summed E-state index contributed by atoms with van der Waals surface area (Å²) in [5, 5.41) is 7.67. The average Bonchev–Trinajstić information content (AvgIpc) is 2.96. The molecular weight excluding hydrogens is 270 g/mol. The number of nitrogens with zero attached hydrogens (tertiary/aromatic N) is 2. The lowest BCUT2D eigenvalue weighted by Gasteiger charge is -2.17. The number of nitrogen functional groups attached to an aromatic ring is 1. The Bertz CT molecular complexity index is 553. The van der Waals surface area contributed by atoms with Crippen molar-refractivity contribution < 1.29 is 0 Å². The second kappa shape index (κ2) is 6.67. The predicted molar refractivity (Wildman–Crippen MR) is 84.9 cm³/mol. The fourth-order valence-corrected chi connectivity index (χ4v) is 2.74. The molecule has 0 radical (unpaired) electrons. The van der Waals surface area contributed by atoms with Crippen molar-refractivity contribution in [2.24, 2.45) is 5.84 Å². The van der Waals surface area contributed by atoms with Crippen LogP contribution in [0.25, 0.3) is 0 Å². The number of thiophene rings is 1. The Kier molecular flexibility index (Phi) is 4.92. The SMILES string of the molecule is CCCc1nc(NN)c(C)c(NC(C)c2ccsc2)n1. The highest BCUT2D eigenvalue weighted by Gasteiger charge is 2.13. The van der Waals surface area contributed by atoms with Gasteiger partial charge in [0, 0.05) is 12.0 Å². The predicted octanol–water partition coefficient (Wildman–Crippen LogP) is 3.26. The van der Waals surface area contributed by atoms with Gasteiger partial charge in [0.25, 0.3) is 0 Å². The van der Waals surface area contributed by atoms with Gasteiger partial charge in [0.05, 0.1) is 6.04 Å². The van der Waals surface area contributed by atoms with Gasteiger partial charge in [-0.2, -0.15) is 11.3 Å². The van der Waals surface area contributed by atoms with E-state index in [9.17, 15) is 0 Å². The quantitative estimate of drug-likeness (QED) is 0.562. The van der Waals surface area contributed by atoms with E-state index >= 15 is 0 Å². The van der Waals surface area contributed by atoms with Gasteiger partial charge < -0.3 is 10.7 Å². The number of rotatable bonds is 6. The van der Waals surface area contributed by atoms with Crippen molar-refractivity contribution in [3.8, 4) is 0 Å². The van der Waals surface area contributed by atoms with Crippen molar-refractivity contribution >= 4 is 23.0 Å². The largest absolute Gasteiger partial charge is 0.363 e. The molecular formula is C14H21N5S. The van der Waals surface area contributed by atoms with Crippen molar-refractivity contribution in [3.05, 3.63) is 33.8 Å². The van der Waals surface area contributed by atoms with Crippen LogP contribution >= 0.6 is 11.3 Å². The molecule has 0 aliphatic heterocycles. The van der Waals surface area contributed by atoms with Crippen LogP contribution in [0.1, 0.15) is 43.3 Å². The molecule has 2 rings (SSSR count). The summed E-state index contributed by atoms with van der Waals surface area (Å²) < 4.78 is 0. The zero-order valence-corrected chi connectivity index (χ0v) is 12.9. The third kappa shape index (κ3) is 3.26. The molecule has 0 bridgehead atoms. The first kappa shape index (κ1) is 14.7. The minimum absolute atomic E-state index is 0.204. The summed E-state index contributed by atoms with van der Waals surface area (Å²) in [7, 11) is 0. The molecule has 0 aromatic carbocycles. The van der Waals surface area contributed by atoms with Crippen LogP contribution in [-0.2, 0) is 6.42 Å². The molecule has 0 aliphatic rings. The Morgan fingerprint density at radius 2 is 2.10 bits per heavy atom. The van der Waals surface area contributed by atoms with Gasteiger partial charge in [0.15, 0.2) is 0 Å². The molecule has 0 aliphatic carbocycles. The molecule has 1 unspecified atom stereocenters. The summed E-state index contributed by atoms with van der Waals surface area (Å²) in [4.78, 5) is 9.03. The molecule has 2 aromatic rings. The molecule has 4 N–H and O–H groups in total. The van der Waals surface area contributed by atoms with Crippen molar-refractivity contribution in [3.63, 3.8) is 0 Å². The number of hydrazine groups is 1. The van der Waals surface area contributed by atoms with Crippen LogP contribution in [0, 0.1) is 6.92 Å². The highest BCUT2D eigenvalue weighted by Crippen LogP contribution is 2.25. The number of hydrogen-bond acceptors (Lipinski definition) is 6.